The number of fused-ring (bicyclic) bond motifs is 3. The highest BCUT2D eigenvalue weighted by Gasteiger charge is 2.26. The number of benzene rings is 2. The van der Waals surface area contributed by atoms with Crippen LogP contribution in [0, 0.1) is 13.8 Å². The van der Waals surface area contributed by atoms with Crippen LogP contribution >= 0.6 is 0 Å². The van der Waals surface area contributed by atoms with Gasteiger partial charge < -0.3 is 19.8 Å². The SMILES string of the molecule is COc1ccc2[nH]c3c(c2c1)CCN[C@H]3c1ccc(OC)c(Cn2nc(C)cc2C)c1. The Labute approximate surface area is 182 Å². The molecule has 31 heavy (non-hydrogen) atoms. The third-order valence-electron chi connectivity index (χ3n) is 6.22. The lowest BCUT2D eigenvalue weighted by atomic mass is 9.93. The first-order valence-electron chi connectivity index (χ1n) is 10.7. The van der Waals surface area contributed by atoms with E-state index in [2.05, 4.69) is 58.7 Å². The van der Waals surface area contributed by atoms with E-state index in [9.17, 15) is 0 Å². The molecule has 0 amide bonds. The lowest BCUT2D eigenvalue weighted by Gasteiger charge is -2.25. The zero-order valence-corrected chi connectivity index (χ0v) is 18.5. The maximum Gasteiger partial charge on any atom is 0.123 e. The predicted octanol–water partition coefficient (Wildman–Crippen LogP) is 4.28. The van der Waals surface area contributed by atoms with Crippen molar-refractivity contribution >= 4 is 10.9 Å². The number of methoxy groups -OCH3 is 2. The molecule has 1 atom stereocenters. The van der Waals surface area contributed by atoms with Gasteiger partial charge in [0.1, 0.15) is 11.5 Å². The summed E-state index contributed by atoms with van der Waals surface area (Å²) in [6.45, 7) is 5.72. The zero-order chi connectivity index (χ0) is 21.5. The van der Waals surface area contributed by atoms with E-state index in [0.717, 1.165) is 46.9 Å². The van der Waals surface area contributed by atoms with Crippen LogP contribution < -0.4 is 14.8 Å². The topological polar surface area (TPSA) is 64.1 Å². The number of rotatable bonds is 5. The Morgan fingerprint density at radius 3 is 2.68 bits per heavy atom. The molecular weight excluding hydrogens is 388 g/mol. The van der Waals surface area contributed by atoms with Crippen molar-refractivity contribution < 1.29 is 9.47 Å². The maximum atomic E-state index is 5.67. The molecule has 0 radical (unpaired) electrons. The highest BCUT2D eigenvalue weighted by Crippen LogP contribution is 2.36. The third kappa shape index (κ3) is 3.47. The molecule has 1 aliphatic heterocycles. The number of aromatic nitrogens is 3. The minimum Gasteiger partial charge on any atom is -0.497 e. The first-order valence-corrected chi connectivity index (χ1v) is 10.7. The molecule has 2 aromatic heterocycles. The summed E-state index contributed by atoms with van der Waals surface area (Å²) in [7, 11) is 3.44. The average molecular weight is 417 g/mol. The Morgan fingerprint density at radius 1 is 1.06 bits per heavy atom. The summed E-state index contributed by atoms with van der Waals surface area (Å²) >= 11 is 0. The minimum atomic E-state index is 0.104. The summed E-state index contributed by atoms with van der Waals surface area (Å²) in [4.78, 5) is 3.66. The van der Waals surface area contributed by atoms with Crippen LogP contribution in [0.2, 0.25) is 0 Å². The summed E-state index contributed by atoms with van der Waals surface area (Å²) in [5.74, 6) is 1.77. The van der Waals surface area contributed by atoms with E-state index in [1.165, 1.54) is 22.2 Å². The Hall–Kier alpha value is -3.25. The van der Waals surface area contributed by atoms with E-state index in [1.807, 2.05) is 17.7 Å². The molecule has 0 aliphatic carbocycles. The van der Waals surface area contributed by atoms with Crippen molar-refractivity contribution in [1.82, 2.24) is 20.1 Å². The molecule has 0 saturated carbocycles. The van der Waals surface area contributed by atoms with Crippen molar-refractivity contribution in [2.45, 2.75) is 32.9 Å². The average Bonchev–Trinajstić information content (AvgIpc) is 3.31. The van der Waals surface area contributed by atoms with E-state index in [1.54, 1.807) is 14.2 Å². The van der Waals surface area contributed by atoms with E-state index >= 15 is 0 Å². The smallest absolute Gasteiger partial charge is 0.123 e. The van der Waals surface area contributed by atoms with Gasteiger partial charge in [0.15, 0.2) is 0 Å². The molecule has 0 fully saturated rings. The quantitative estimate of drug-likeness (QED) is 0.510. The molecule has 5 rings (SSSR count). The molecule has 0 saturated heterocycles. The summed E-state index contributed by atoms with van der Waals surface area (Å²) in [5.41, 5.74) is 8.27. The molecule has 0 unspecified atom stereocenters. The van der Waals surface area contributed by atoms with Gasteiger partial charge in [-0.3, -0.25) is 4.68 Å². The molecule has 6 heteroatoms. The van der Waals surface area contributed by atoms with Gasteiger partial charge in [-0.2, -0.15) is 5.10 Å². The molecule has 2 N–H and O–H groups in total. The Balaban J connectivity index is 1.56. The molecule has 2 aromatic carbocycles. The van der Waals surface area contributed by atoms with Crippen molar-refractivity contribution in [2.75, 3.05) is 20.8 Å². The Bertz CT molecular complexity index is 1250. The van der Waals surface area contributed by atoms with Crippen molar-refractivity contribution in [3.05, 3.63) is 76.2 Å². The van der Waals surface area contributed by atoms with Crippen LogP contribution in [0.15, 0.2) is 42.5 Å². The van der Waals surface area contributed by atoms with Crippen molar-refractivity contribution in [3.8, 4) is 11.5 Å². The molecule has 1 aliphatic rings. The highest BCUT2D eigenvalue weighted by atomic mass is 16.5. The summed E-state index contributed by atoms with van der Waals surface area (Å²) in [6.07, 6.45) is 0.994. The summed E-state index contributed by atoms with van der Waals surface area (Å²) in [5, 5.41) is 9.58. The van der Waals surface area contributed by atoms with Crippen LogP contribution in [0.3, 0.4) is 0 Å². The van der Waals surface area contributed by atoms with Crippen LogP contribution in [0.4, 0.5) is 0 Å². The lowest BCUT2D eigenvalue weighted by molar-refractivity contribution is 0.406. The van der Waals surface area contributed by atoms with Gasteiger partial charge in [-0.25, -0.2) is 0 Å². The normalized spacial score (nSPS) is 15.8. The van der Waals surface area contributed by atoms with Crippen molar-refractivity contribution in [1.29, 1.82) is 0 Å². The molecular formula is C25H28N4O2. The second-order valence-corrected chi connectivity index (χ2v) is 8.22. The van der Waals surface area contributed by atoms with Crippen molar-refractivity contribution in [2.24, 2.45) is 0 Å². The molecule has 0 spiro atoms. The largest absolute Gasteiger partial charge is 0.497 e. The van der Waals surface area contributed by atoms with E-state index in [-0.39, 0.29) is 6.04 Å². The van der Waals surface area contributed by atoms with E-state index in [0.29, 0.717) is 6.54 Å². The molecule has 4 aromatic rings. The molecule has 6 nitrogen and oxygen atoms in total. The maximum absolute atomic E-state index is 5.67. The van der Waals surface area contributed by atoms with E-state index < -0.39 is 0 Å². The second-order valence-electron chi connectivity index (χ2n) is 8.22. The summed E-state index contributed by atoms with van der Waals surface area (Å²) < 4.78 is 13.2. The molecule has 3 heterocycles. The van der Waals surface area contributed by atoms with Gasteiger partial charge in [0.2, 0.25) is 0 Å². The monoisotopic (exact) mass is 416 g/mol. The van der Waals surface area contributed by atoms with Gasteiger partial charge in [-0.1, -0.05) is 6.07 Å². The van der Waals surface area contributed by atoms with Crippen molar-refractivity contribution in [3.63, 3.8) is 0 Å². The van der Waals surface area contributed by atoms with Gasteiger partial charge in [0, 0.05) is 34.4 Å². The second kappa shape index (κ2) is 7.78. The van der Waals surface area contributed by atoms with Gasteiger partial charge >= 0.3 is 0 Å². The number of aryl methyl sites for hydroxylation is 2. The Morgan fingerprint density at radius 2 is 1.94 bits per heavy atom. The fourth-order valence-corrected chi connectivity index (χ4v) is 4.72. The minimum absolute atomic E-state index is 0.104. The number of nitrogens with zero attached hydrogens (tertiary/aromatic N) is 2. The number of nitrogens with one attached hydrogen (secondary N) is 2. The first-order chi connectivity index (χ1) is 15.1. The van der Waals surface area contributed by atoms with E-state index in [4.69, 9.17) is 9.47 Å². The van der Waals surface area contributed by atoms with Gasteiger partial charge in [-0.05, 0) is 67.8 Å². The van der Waals surface area contributed by atoms with Crippen LogP contribution in [0.5, 0.6) is 11.5 Å². The lowest BCUT2D eigenvalue weighted by Crippen LogP contribution is -2.30. The summed E-state index contributed by atoms with van der Waals surface area (Å²) in [6, 6.07) is 14.9. The number of ether oxygens (including phenoxy) is 2. The number of aromatic amines is 1. The molecule has 0 bridgehead atoms. The van der Waals surface area contributed by atoms with Crippen LogP contribution in [0.1, 0.15) is 39.8 Å². The molecule has 160 valence electrons. The fraction of sp³-hybridized carbons (Fsp3) is 0.320. The van der Waals surface area contributed by atoms with Gasteiger partial charge in [0.05, 0.1) is 32.5 Å². The number of H-pyrrole nitrogens is 1. The Kier molecular flexibility index (Phi) is 4.94. The predicted molar refractivity (Wildman–Crippen MR) is 122 cm³/mol. The number of hydrogen-bond acceptors (Lipinski definition) is 4. The highest BCUT2D eigenvalue weighted by molar-refractivity contribution is 5.86. The number of hydrogen-bond donors (Lipinski definition) is 2. The standard InChI is InChI=1S/C25H28N4O2/c1-15-11-16(2)29(28-15)14-18-12-17(5-8-23(18)31-4)24-25-20(9-10-26-24)21-13-19(30-3)6-7-22(21)27-25/h5-8,11-13,24,26-27H,9-10,14H2,1-4H3/t24-/m0/s1. The van der Waals surface area contributed by atoms with Gasteiger partial charge in [0.25, 0.3) is 0 Å². The third-order valence-corrected chi connectivity index (χ3v) is 6.22. The van der Waals surface area contributed by atoms with Crippen LogP contribution in [-0.2, 0) is 13.0 Å². The zero-order valence-electron chi connectivity index (χ0n) is 18.5. The fourth-order valence-electron chi connectivity index (χ4n) is 4.72. The van der Waals surface area contributed by atoms with Crippen LogP contribution in [0.25, 0.3) is 10.9 Å². The first kappa shape index (κ1) is 19.7. The van der Waals surface area contributed by atoms with Gasteiger partial charge in [-0.15, -0.1) is 0 Å². The van der Waals surface area contributed by atoms with Crippen LogP contribution in [-0.4, -0.2) is 35.5 Å².